The van der Waals surface area contributed by atoms with Crippen molar-refractivity contribution in [2.75, 3.05) is 33.3 Å². The van der Waals surface area contributed by atoms with Crippen molar-refractivity contribution in [2.24, 2.45) is 0 Å². The maximum atomic E-state index is 12.6. The molecule has 3 rings (SSSR count). The molecule has 0 bridgehead atoms. The van der Waals surface area contributed by atoms with Gasteiger partial charge in [0.15, 0.2) is 0 Å². The summed E-state index contributed by atoms with van der Waals surface area (Å²) in [7, 11) is 1.63. The maximum absolute atomic E-state index is 12.6. The number of hydrogen-bond acceptors (Lipinski definition) is 5. The number of methoxy groups -OCH3 is 1. The number of carbonyl (C=O) groups is 2. The second-order valence-corrected chi connectivity index (χ2v) is 6.94. The molecule has 7 nitrogen and oxygen atoms in total. The zero-order valence-corrected chi connectivity index (χ0v) is 15.2. The summed E-state index contributed by atoms with van der Waals surface area (Å²) < 4.78 is 5.27. The molecule has 1 aromatic carbocycles. The largest absolute Gasteiger partial charge is 0.497 e. The van der Waals surface area contributed by atoms with Gasteiger partial charge in [0, 0.05) is 32.7 Å². The Hall–Kier alpha value is -2.12. The second kappa shape index (κ2) is 8.51. The zero-order valence-electron chi connectivity index (χ0n) is 15.2. The molecule has 142 valence electrons. The first-order valence-corrected chi connectivity index (χ1v) is 9.17. The van der Waals surface area contributed by atoms with Crippen LogP contribution in [0.3, 0.4) is 0 Å². The van der Waals surface area contributed by atoms with Gasteiger partial charge in [-0.15, -0.1) is 0 Å². The summed E-state index contributed by atoms with van der Waals surface area (Å²) >= 11 is 0. The minimum Gasteiger partial charge on any atom is -0.497 e. The molecule has 2 aliphatic heterocycles. The molecule has 2 fully saturated rings. The normalized spacial score (nSPS) is 22.2. The molecule has 0 aliphatic carbocycles. The zero-order chi connectivity index (χ0) is 18.5. The van der Waals surface area contributed by atoms with E-state index in [-0.39, 0.29) is 24.3 Å². The Labute approximate surface area is 153 Å². The van der Waals surface area contributed by atoms with Crippen LogP contribution in [0.4, 0.5) is 0 Å². The number of rotatable bonds is 5. The molecule has 2 N–H and O–H groups in total. The summed E-state index contributed by atoms with van der Waals surface area (Å²) in [5, 5.41) is 12.5. The highest BCUT2D eigenvalue weighted by atomic mass is 16.5. The lowest BCUT2D eigenvalue weighted by Gasteiger charge is -2.37. The highest BCUT2D eigenvalue weighted by molar-refractivity contribution is 5.88. The number of piperazine rings is 1. The molecule has 1 aromatic rings. The van der Waals surface area contributed by atoms with E-state index in [4.69, 9.17) is 4.74 Å². The van der Waals surface area contributed by atoms with Gasteiger partial charge in [0.1, 0.15) is 5.75 Å². The van der Waals surface area contributed by atoms with Crippen LogP contribution in [0.1, 0.15) is 24.8 Å². The number of hydrogen-bond donors (Lipinski definition) is 2. The van der Waals surface area contributed by atoms with Gasteiger partial charge in [-0.25, -0.2) is 0 Å². The third-order valence-electron chi connectivity index (χ3n) is 5.15. The molecule has 0 radical (unpaired) electrons. The molecule has 2 saturated heterocycles. The number of benzene rings is 1. The first kappa shape index (κ1) is 18.7. The highest BCUT2D eigenvalue weighted by Gasteiger charge is 2.33. The van der Waals surface area contributed by atoms with Crippen LogP contribution in [-0.2, 0) is 16.1 Å². The predicted molar refractivity (Wildman–Crippen MR) is 96.6 cm³/mol. The number of carbonyl (C=O) groups excluding carboxylic acids is 2. The summed E-state index contributed by atoms with van der Waals surface area (Å²) in [6.45, 7) is 3.01. The number of aliphatic hydroxyl groups excluding tert-OH is 1. The van der Waals surface area contributed by atoms with Crippen molar-refractivity contribution in [3.05, 3.63) is 29.8 Å². The van der Waals surface area contributed by atoms with E-state index in [1.807, 2.05) is 24.3 Å². The summed E-state index contributed by atoms with van der Waals surface area (Å²) in [4.78, 5) is 28.9. The molecular formula is C19H27N3O4. The van der Waals surface area contributed by atoms with Crippen LogP contribution in [0.15, 0.2) is 24.3 Å². The van der Waals surface area contributed by atoms with E-state index in [2.05, 4.69) is 10.2 Å². The summed E-state index contributed by atoms with van der Waals surface area (Å²) in [6, 6.07) is 7.31. The average Bonchev–Trinajstić information content (AvgIpc) is 2.65. The topological polar surface area (TPSA) is 82.1 Å². The third-order valence-corrected chi connectivity index (χ3v) is 5.15. The van der Waals surface area contributed by atoms with E-state index in [9.17, 15) is 14.7 Å². The van der Waals surface area contributed by atoms with Gasteiger partial charge in [-0.05, 0) is 30.5 Å². The van der Waals surface area contributed by atoms with Crippen molar-refractivity contribution in [1.82, 2.24) is 15.1 Å². The quantitative estimate of drug-likeness (QED) is 0.792. The van der Waals surface area contributed by atoms with Crippen molar-refractivity contribution in [3.63, 3.8) is 0 Å². The van der Waals surface area contributed by atoms with Gasteiger partial charge in [-0.1, -0.05) is 12.1 Å². The molecule has 26 heavy (non-hydrogen) atoms. The summed E-state index contributed by atoms with van der Waals surface area (Å²) in [5.74, 6) is 0.669. The Kier molecular flexibility index (Phi) is 6.11. The number of aliphatic hydroxyl groups is 1. The van der Waals surface area contributed by atoms with Gasteiger partial charge in [0.25, 0.3) is 0 Å². The van der Waals surface area contributed by atoms with Gasteiger partial charge in [-0.3, -0.25) is 14.5 Å². The molecular weight excluding hydrogens is 334 g/mol. The van der Waals surface area contributed by atoms with E-state index in [1.165, 1.54) is 0 Å². The van der Waals surface area contributed by atoms with Gasteiger partial charge >= 0.3 is 0 Å². The number of amides is 2. The smallest absolute Gasteiger partial charge is 0.237 e. The van der Waals surface area contributed by atoms with E-state index in [1.54, 1.807) is 12.0 Å². The van der Waals surface area contributed by atoms with E-state index in [0.717, 1.165) is 11.3 Å². The van der Waals surface area contributed by atoms with Gasteiger partial charge in [-0.2, -0.15) is 0 Å². The first-order chi connectivity index (χ1) is 12.6. The molecule has 0 aromatic heterocycles. The fourth-order valence-corrected chi connectivity index (χ4v) is 3.59. The Balaban J connectivity index is 1.66. The minimum atomic E-state index is -0.464. The molecule has 2 heterocycles. The van der Waals surface area contributed by atoms with Gasteiger partial charge < -0.3 is 20.1 Å². The molecule has 2 amide bonds. The second-order valence-electron chi connectivity index (χ2n) is 6.94. The van der Waals surface area contributed by atoms with Crippen LogP contribution in [0, 0.1) is 0 Å². The summed E-state index contributed by atoms with van der Waals surface area (Å²) in [5.41, 5.74) is 1.05. The van der Waals surface area contributed by atoms with Crippen molar-refractivity contribution in [3.8, 4) is 5.75 Å². The highest BCUT2D eigenvalue weighted by Crippen LogP contribution is 2.19. The number of nitrogens with zero attached hydrogens (tertiary/aromatic N) is 2. The Morgan fingerprint density at radius 2 is 2.08 bits per heavy atom. The monoisotopic (exact) mass is 361 g/mol. The number of ether oxygens (including phenoxy) is 1. The molecule has 1 atom stereocenters. The summed E-state index contributed by atoms with van der Waals surface area (Å²) in [6.07, 6.45) is 1.07. The van der Waals surface area contributed by atoms with Crippen LogP contribution in [0.25, 0.3) is 0 Å². The van der Waals surface area contributed by atoms with Crippen LogP contribution < -0.4 is 10.1 Å². The first-order valence-electron chi connectivity index (χ1n) is 9.17. The molecule has 0 saturated carbocycles. The van der Waals surface area contributed by atoms with Crippen LogP contribution in [0.5, 0.6) is 5.75 Å². The molecule has 1 unspecified atom stereocenters. The third kappa shape index (κ3) is 4.53. The average molecular weight is 361 g/mol. The molecule has 0 spiro atoms. The SMILES string of the molecule is COc1cccc(CN2CCNC(=O)C2CC(=O)N2CCC(O)CC2)c1. The van der Waals surface area contributed by atoms with Crippen molar-refractivity contribution < 1.29 is 19.4 Å². The molecule has 2 aliphatic rings. The van der Waals surface area contributed by atoms with E-state index >= 15 is 0 Å². The van der Waals surface area contributed by atoms with Gasteiger partial charge in [0.2, 0.25) is 11.8 Å². The predicted octanol–water partition coefficient (Wildman–Crippen LogP) is 0.369. The standard InChI is InChI=1S/C19H27N3O4/c1-26-16-4-2-3-14(11-16)13-22-10-7-20-19(25)17(22)12-18(24)21-8-5-15(23)6-9-21/h2-4,11,15,17,23H,5-10,12-13H2,1H3,(H,20,25). The molecule has 7 heteroatoms. The van der Waals surface area contributed by atoms with Crippen molar-refractivity contribution in [1.29, 1.82) is 0 Å². The van der Waals surface area contributed by atoms with E-state index < -0.39 is 6.04 Å². The van der Waals surface area contributed by atoms with Crippen molar-refractivity contribution in [2.45, 2.75) is 38.0 Å². The number of likely N-dealkylation sites (tertiary alicyclic amines) is 1. The Bertz CT molecular complexity index is 643. The Morgan fingerprint density at radius 1 is 1.31 bits per heavy atom. The van der Waals surface area contributed by atoms with Gasteiger partial charge in [0.05, 0.1) is 25.7 Å². The number of nitrogens with one attached hydrogen (secondary N) is 1. The van der Waals surface area contributed by atoms with Crippen LogP contribution in [0.2, 0.25) is 0 Å². The van der Waals surface area contributed by atoms with E-state index in [0.29, 0.717) is 45.6 Å². The van der Waals surface area contributed by atoms with Crippen LogP contribution in [-0.4, -0.2) is 72.2 Å². The minimum absolute atomic E-state index is 0.0189. The lowest BCUT2D eigenvalue weighted by atomic mass is 10.0. The lowest BCUT2D eigenvalue weighted by molar-refractivity contribution is -0.140. The maximum Gasteiger partial charge on any atom is 0.237 e. The Morgan fingerprint density at radius 3 is 2.81 bits per heavy atom. The fourth-order valence-electron chi connectivity index (χ4n) is 3.59. The lowest BCUT2D eigenvalue weighted by Crippen LogP contribution is -2.56. The fraction of sp³-hybridized carbons (Fsp3) is 0.579. The van der Waals surface area contributed by atoms with Crippen molar-refractivity contribution >= 4 is 11.8 Å². The van der Waals surface area contributed by atoms with Crippen LogP contribution >= 0.6 is 0 Å². The number of piperidine rings is 1.